The first kappa shape index (κ1) is 10.7. The number of carbonyl (C=O) groups excluding carboxylic acids is 1. The first-order valence-electron chi connectivity index (χ1n) is 4.40. The number of anilines is 1. The van der Waals surface area contributed by atoms with E-state index in [1.54, 1.807) is 25.3 Å². The molecule has 1 aromatic rings. The molecule has 4 heteroatoms. The second kappa shape index (κ2) is 4.19. The Labute approximate surface area is 82.8 Å². The van der Waals surface area contributed by atoms with Crippen LogP contribution in [-0.4, -0.2) is 22.0 Å². The van der Waals surface area contributed by atoms with Gasteiger partial charge in [-0.25, -0.2) is 4.98 Å². The lowest BCUT2D eigenvalue weighted by atomic mass is 9.94. The van der Waals surface area contributed by atoms with Gasteiger partial charge in [-0.2, -0.15) is 0 Å². The van der Waals surface area contributed by atoms with Gasteiger partial charge >= 0.3 is 0 Å². The van der Waals surface area contributed by atoms with E-state index in [1.807, 2.05) is 0 Å². The smallest absolute Gasteiger partial charge is 0.126 e. The van der Waals surface area contributed by atoms with Gasteiger partial charge in [-0.05, 0) is 18.6 Å². The first-order chi connectivity index (χ1) is 6.55. The quantitative estimate of drug-likeness (QED) is 0.686. The van der Waals surface area contributed by atoms with Crippen LogP contribution in [0.3, 0.4) is 0 Å². The van der Waals surface area contributed by atoms with E-state index in [0.29, 0.717) is 18.5 Å². The molecule has 1 rings (SSSR count). The molecule has 76 valence electrons. The van der Waals surface area contributed by atoms with Crippen LogP contribution in [0.5, 0.6) is 0 Å². The fraction of sp³-hybridized carbons (Fsp3) is 0.400. The van der Waals surface area contributed by atoms with Gasteiger partial charge in [-0.15, -0.1) is 0 Å². The molecule has 0 aliphatic carbocycles. The Hall–Kier alpha value is -1.42. The third-order valence-corrected chi connectivity index (χ3v) is 2.02. The Kier molecular flexibility index (Phi) is 3.19. The molecule has 0 bridgehead atoms. The number of aldehydes is 1. The Balaban J connectivity index is 2.78. The number of carbonyl (C=O) groups is 1. The molecule has 1 heterocycles. The van der Waals surface area contributed by atoms with Crippen LogP contribution in [0, 0.1) is 0 Å². The number of rotatable bonds is 4. The number of hydrogen-bond donors (Lipinski definition) is 2. The third-order valence-electron chi connectivity index (χ3n) is 2.02. The molecule has 0 aromatic carbocycles. The summed E-state index contributed by atoms with van der Waals surface area (Å²) in [5.41, 5.74) is 5.33. The molecule has 1 aromatic heterocycles. The van der Waals surface area contributed by atoms with E-state index >= 15 is 0 Å². The average molecular weight is 194 g/mol. The fourth-order valence-electron chi connectivity index (χ4n) is 1.26. The van der Waals surface area contributed by atoms with Gasteiger partial charge in [-0.1, -0.05) is 6.07 Å². The predicted molar refractivity (Wildman–Crippen MR) is 53.7 cm³/mol. The average Bonchev–Trinajstić information content (AvgIpc) is 2.08. The minimum absolute atomic E-state index is 0.0985. The first-order valence-corrected chi connectivity index (χ1v) is 4.40. The van der Waals surface area contributed by atoms with E-state index in [4.69, 9.17) is 5.73 Å². The van der Waals surface area contributed by atoms with E-state index in [0.717, 1.165) is 5.56 Å². The number of nitrogens with zero attached hydrogens (tertiary/aromatic N) is 1. The lowest BCUT2D eigenvalue weighted by Gasteiger charge is -2.20. The van der Waals surface area contributed by atoms with Gasteiger partial charge in [-0.3, -0.25) is 0 Å². The summed E-state index contributed by atoms with van der Waals surface area (Å²) in [4.78, 5) is 14.2. The number of nitrogen functional groups attached to an aromatic ring is 1. The molecule has 0 radical (unpaired) electrons. The molecule has 0 saturated heterocycles. The molecule has 0 saturated carbocycles. The zero-order valence-electron chi connectivity index (χ0n) is 8.10. The van der Waals surface area contributed by atoms with Crippen LogP contribution in [0.15, 0.2) is 18.3 Å². The number of aliphatic hydroxyl groups is 1. The van der Waals surface area contributed by atoms with Crippen LogP contribution in [-0.2, 0) is 11.2 Å². The molecule has 0 amide bonds. The lowest BCUT2D eigenvalue weighted by Crippen LogP contribution is -2.28. The topological polar surface area (TPSA) is 76.2 Å². The maximum Gasteiger partial charge on any atom is 0.126 e. The van der Waals surface area contributed by atoms with E-state index in [-0.39, 0.29) is 6.42 Å². The van der Waals surface area contributed by atoms with Crippen molar-refractivity contribution in [1.82, 2.24) is 4.98 Å². The van der Waals surface area contributed by atoms with Crippen LogP contribution in [0.2, 0.25) is 0 Å². The van der Waals surface area contributed by atoms with Crippen LogP contribution in [0.25, 0.3) is 0 Å². The van der Waals surface area contributed by atoms with Crippen LogP contribution in [0.4, 0.5) is 5.82 Å². The summed E-state index contributed by atoms with van der Waals surface area (Å²) >= 11 is 0. The molecule has 0 aliphatic rings. The number of aromatic nitrogens is 1. The minimum Gasteiger partial charge on any atom is -0.389 e. The molecule has 1 unspecified atom stereocenters. The largest absolute Gasteiger partial charge is 0.389 e. The molecule has 4 nitrogen and oxygen atoms in total. The Morgan fingerprint density at radius 1 is 1.71 bits per heavy atom. The SMILES string of the molecule is CC(O)(CC=O)Cc1cccnc1N. The van der Waals surface area contributed by atoms with Crippen molar-refractivity contribution >= 4 is 12.1 Å². The van der Waals surface area contributed by atoms with E-state index in [9.17, 15) is 9.90 Å². The van der Waals surface area contributed by atoms with Crippen molar-refractivity contribution in [2.45, 2.75) is 25.4 Å². The standard InChI is InChI=1S/C10H14N2O2/c1-10(14,4-6-13)7-8-3-2-5-12-9(8)11/h2-3,5-6,14H,4,7H2,1H3,(H2,11,12). The molecular formula is C10H14N2O2. The van der Waals surface area contributed by atoms with Gasteiger partial charge in [0.25, 0.3) is 0 Å². The lowest BCUT2D eigenvalue weighted by molar-refractivity contribution is -0.111. The molecule has 14 heavy (non-hydrogen) atoms. The summed E-state index contributed by atoms with van der Waals surface area (Å²) in [6.45, 7) is 1.60. The van der Waals surface area contributed by atoms with Gasteiger partial charge in [0, 0.05) is 19.0 Å². The fourth-order valence-corrected chi connectivity index (χ4v) is 1.26. The van der Waals surface area contributed by atoms with Gasteiger partial charge in [0.1, 0.15) is 12.1 Å². The molecule has 0 fully saturated rings. The maximum absolute atomic E-state index is 10.3. The number of pyridine rings is 1. The summed E-state index contributed by atoms with van der Waals surface area (Å²) in [6.07, 6.45) is 2.73. The van der Waals surface area contributed by atoms with Gasteiger partial charge in [0.2, 0.25) is 0 Å². The zero-order valence-corrected chi connectivity index (χ0v) is 8.10. The highest BCUT2D eigenvalue weighted by Crippen LogP contribution is 2.18. The van der Waals surface area contributed by atoms with Crippen LogP contribution >= 0.6 is 0 Å². The van der Waals surface area contributed by atoms with E-state index in [1.165, 1.54) is 0 Å². The highest BCUT2D eigenvalue weighted by atomic mass is 16.3. The Morgan fingerprint density at radius 2 is 2.43 bits per heavy atom. The number of nitrogens with two attached hydrogens (primary N) is 1. The summed E-state index contributed by atoms with van der Waals surface area (Å²) < 4.78 is 0. The van der Waals surface area contributed by atoms with Gasteiger partial charge in [0.05, 0.1) is 5.60 Å². The van der Waals surface area contributed by atoms with Crippen molar-refractivity contribution in [2.24, 2.45) is 0 Å². The van der Waals surface area contributed by atoms with Crippen molar-refractivity contribution in [1.29, 1.82) is 0 Å². The number of hydrogen-bond acceptors (Lipinski definition) is 4. The normalized spacial score (nSPS) is 14.7. The molecule has 3 N–H and O–H groups in total. The highest BCUT2D eigenvalue weighted by molar-refractivity contribution is 5.52. The summed E-state index contributed by atoms with van der Waals surface area (Å²) in [5.74, 6) is 0.402. The van der Waals surface area contributed by atoms with Gasteiger partial charge < -0.3 is 15.6 Å². The predicted octanol–water partition coefficient (Wildman–Crippen LogP) is 0.546. The Bertz CT molecular complexity index is 324. The molecule has 0 spiro atoms. The summed E-state index contributed by atoms with van der Waals surface area (Å²) in [5, 5.41) is 9.78. The van der Waals surface area contributed by atoms with Crippen molar-refractivity contribution in [2.75, 3.05) is 5.73 Å². The van der Waals surface area contributed by atoms with Crippen molar-refractivity contribution in [3.8, 4) is 0 Å². The van der Waals surface area contributed by atoms with E-state index in [2.05, 4.69) is 4.98 Å². The third kappa shape index (κ3) is 2.81. The van der Waals surface area contributed by atoms with Crippen LogP contribution < -0.4 is 5.73 Å². The second-order valence-corrected chi connectivity index (χ2v) is 3.59. The zero-order chi connectivity index (χ0) is 10.6. The van der Waals surface area contributed by atoms with Gasteiger partial charge in [0.15, 0.2) is 0 Å². The maximum atomic E-state index is 10.3. The molecule has 1 atom stereocenters. The van der Waals surface area contributed by atoms with Crippen molar-refractivity contribution in [3.05, 3.63) is 23.9 Å². The molecule has 0 aliphatic heterocycles. The minimum atomic E-state index is -1.04. The second-order valence-electron chi connectivity index (χ2n) is 3.59. The Morgan fingerprint density at radius 3 is 3.00 bits per heavy atom. The summed E-state index contributed by atoms with van der Waals surface area (Å²) in [6, 6.07) is 3.55. The van der Waals surface area contributed by atoms with Crippen molar-refractivity contribution in [3.63, 3.8) is 0 Å². The van der Waals surface area contributed by atoms with Crippen LogP contribution in [0.1, 0.15) is 18.9 Å². The molecular weight excluding hydrogens is 180 g/mol. The summed E-state index contributed by atoms with van der Waals surface area (Å²) in [7, 11) is 0. The van der Waals surface area contributed by atoms with Crippen molar-refractivity contribution < 1.29 is 9.90 Å². The highest BCUT2D eigenvalue weighted by Gasteiger charge is 2.21. The van der Waals surface area contributed by atoms with E-state index < -0.39 is 5.60 Å². The monoisotopic (exact) mass is 194 g/mol.